The van der Waals surface area contributed by atoms with Gasteiger partial charge in [0.25, 0.3) is 10.0 Å². The van der Waals surface area contributed by atoms with Crippen LogP contribution in [0, 0.1) is 18.3 Å². The Bertz CT molecular complexity index is 1990. The molecular formula is C33H24N4O2S. The summed E-state index contributed by atoms with van der Waals surface area (Å²) in [6.07, 6.45) is 1.88. The molecule has 0 aliphatic heterocycles. The molecule has 0 fully saturated rings. The van der Waals surface area contributed by atoms with Crippen molar-refractivity contribution in [2.45, 2.75) is 11.8 Å². The molecule has 0 saturated carbocycles. The van der Waals surface area contributed by atoms with E-state index >= 15 is 0 Å². The van der Waals surface area contributed by atoms with Gasteiger partial charge in [0.15, 0.2) is 0 Å². The number of hydrogen-bond acceptors (Lipinski definition) is 4. The van der Waals surface area contributed by atoms with Crippen LogP contribution in [0.5, 0.6) is 0 Å². The molecule has 0 radical (unpaired) electrons. The van der Waals surface area contributed by atoms with E-state index in [1.165, 1.54) is 0 Å². The van der Waals surface area contributed by atoms with Gasteiger partial charge < -0.3 is 4.98 Å². The molecule has 0 aliphatic carbocycles. The summed E-state index contributed by atoms with van der Waals surface area (Å²) in [5.41, 5.74) is 7.45. The van der Waals surface area contributed by atoms with Gasteiger partial charge in [-0.3, -0.25) is 4.72 Å². The SMILES string of the molecule is Cc1ccc(S(=O)(=O)Nc2ccc(-c3cc(-c4ccccc4)c(C#N)c(-c4c[nH]c5ccccc45)n3)cc2)cc1. The Balaban J connectivity index is 1.44. The molecule has 0 amide bonds. The van der Waals surface area contributed by atoms with Gasteiger partial charge in [-0.15, -0.1) is 0 Å². The van der Waals surface area contributed by atoms with Crippen molar-refractivity contribution in [2.24, 2.45) is 0 Å². The highest BCUT2D eigenvalue weighted by Crippen LogP contribution is 2.37. The number of aryl methyl sites for hydroxylation is 1. The summed E-state index contributed by atoms with van der Waals surface area (Å²) in [5, 5.41) is 11.3. The van der Waals surface area contributed by atoms with Crippen LogP contribution >= 0.6 is 0 Å². The highest BCUT2D eigenvalue weighted by atomic mass is 32.2. The number of anilines is 1. The molecule has 0 aliphatic rings. The second-order valence-corrected chi connectivity index (χ2v) is 11.2. The van der Waals surface area contributed by atoms with Crippen LogP contribution in [0.4, 0.5) is 5.69 Å². The first-order valence-corrected chi connectivity index (χ1v) is 14.2. The molecule has 0 unspecified atom stereocenters. The van der Waals surface area contributed by atoms with Gasteiger partial charge in [-0.2, -0.15) is 5.26 Å². The molecule has 4 aromatic carbocycles. The minimum atomic E-state index is -3.72. The molecule has 2 aromatic heterocycles. The summed E-state index contributed by atoms with van der Waals surface area (Å²) in [6, 6.07) is 35.8. The van der Waals surface area contributed by atoms with Crippen molar-refractivity contribution in [3.8, 4) is 39.7 Å². The van der Waals surface area contributed by atoms with Gasteiger partial charge >= 0.3 is 0 Å². The van der Waals surface area contributed by atoms with Crippen molar-refractivity contribution in [1.29, 1.82) is 5.26 Å². The molecule has 0 atom stereocenters. The lowest BCUT2D eigenvalue weighted by Gasteiger charge is -2.13. The van der Waals surface area contributed by atoms with Crippen molar-refractivity contribution in [1.82, 2.24) is 9.97 Å². The van der Waals surface area contributed by atoms with E-state index in [1.807, 2.05) is 85.9 Å². The molecule has 6 aromatic rings. The second-order valence-electron chi connectivity index (χ2n) is 9.50. The number of benzene rings is 4. The van der Waals surface area contributed by atoms with Crippen molar-refractivity contribution >= 4 is 26.6 Å². The van der Waals surface area contributed by atoms with E-state index < -0.39 is 10.0 Å². The van der Waals surface area contributed by atoms with Crippen LogP contribution in [0.1, 0.15) is 11.1 Å². The number of para-hydroxylation sites is 1. The van der Waals surface area contributed by atoms with Gasteiger partial charge in [-0.1, -0.05) is 78.4 Å². The number of sulfonamides is 1. The van der Waals surface area contributed by atoms with E-state index in [1.54, 1.807) is 36.4 Å². The number of rotatable bonds is 6. The quantitative estimate of drug-likeness (QED) is 0.228. The molecule has 6 rings (SSSR count). The van der Waals surface area contributed by atoms with Crippen molar-refractivity contribution in [3.63, 3.8) is 0 Å². The molecule has 6 nitrogen and oxygen atoms in total. The Labute approximate surface area is 232 Å². The molecule has 2 N–H and O–H groups in total. The summed E-state index contributed by atoms with van der Waals surface area (Å²) in [7, 11) is -3.72. The number of pyridine rings is 1. The zero-order valence-electron chi connectivity index (χ0n) is 21.6. The van der Waals surface area contributed by atoms with Crippen LogP contribution in [0.2, 0.25) is 0 Å². The van der Waals surface area contributed by atoms with Crippen molar-refractivity contribution < 1.29 is 8.42 Å². The monoisotopic (exact) mass is 540 g/mol. The Morgan fingerprint density at radius 2 is 1.50 bits per heavy atom. The molecule has 0 spiro atoms. The van der Waals surface area contributed by atoms with Crippen LogP contribution in [-0.2, 0) is 10.0 Å². The highest BCUT2D eigenvalue weighted by Gasteiger charge is 2.19. The molecular weight excluding hydrogens is 516 g/mol. The maximum Gasteiger partial charge on any atom is 0.261 e. The van der Waals surface area contributed by atoms with E-state index in [0.717, 1.165) is 38.7 Å². The Hall–Kier alpha value is -5.19. The fourth-order valence-electron chi connectivity index (χ4n) is 4.75. The molecule has 40 heavy (non-hydrogen) atoms. The number of nitrogens with zero attached hydrogens (tertiary/aromatic N) is 2. The predicted octanol–water partition coefficient (Wildman–Crippen LogP) is 7.54. The number of hydrogen-bond donors (Lipinski definition) is 2. The summed E-state index contributed by atoms with van der Waals surface area (Å²) < 4.78 is 28.4. The van der Waals surface area contributed by atoms with E-state index in [-0.39, 0.29) is 4.90 Å². The lowest BCUT2D eigenvalue weighted by molar-refractivity contribution is 0.601. The fraction of sp³-hybridized carbons (Fsp3) is 0.0303. The first-order chi connectivity index (χ1) is 19.4. The zero-order valence-corrected chi connectivity index (χ0v) is 22.4. The third-order valence-electron chi connectivity index (χ3n) is 6.82. The van der Waals surface area contributed by atoms with Crippen LogP contribution in [0.3, 0.4) is 0 Å². The Morgan fingerprint density at radius 3 is 2.23 bits per heavy atom. The smallest absolute Gasteiger partial charge is 0.261 e. The van der Waals surface area contributed by atoms with Crippen molar-refractivity contribution in [2.75, 3.05) is 4.72 Å². The first-order valence-electron chi connectivity index (χ1n) is 12.7. The number of H-pyrrole nitrogens is 1. The highest BCUT2D eigenvalue weighted by molar-refractivity contribution is 7.92. The molecule has 0 saturated heterocycles. The summed E-state index contributed by atoms with van der Waals surface area (Å²) >= 11 is 0. The minimum absolute atomic E-state index is 0.201. The van der Waals surface area contributed by atoms with Gasteiger partial charge in [0.1, 0.15) is 6.07 Å². The predicted molar refractivity (Wildman–Crippen MR) is 159 cm³/mol. The van der Waals surface area contributed by atoms with Gasteiger partial charge in [0.05, 0.1) is 21.8 Å². The lowest BCUT2D eigenvalue weighted by Crippen LogP contribution is -2.12. The van der Waals surface area contributed by atoms with E-state index in [9.17, 15) is 13.7 Å². The van der Waals surface area contributed by atoms with Crippen LogP contribution in [-0.4, -0.2) is 18.4 Å². The Kier molecular flexibility index (Phi) is 6.39. The van der Waals surface area contributed by atoms with Crippen LogP contribution in [0.25, 0.3) is 44.5 Å². The number of aromatic nitrogens is 2. The summed E-state index contributed by atoms with van der Waals surface area (Å²) in [4.78, 5) is 8.46. The molecule has 0 bridgehead atoms. The zero-order chi connectivity index (χ0) is 27.7. The molecule has 2 heterocycles. The lowest BCUT2D eigenvalue weighted by atomic mass is 9.94. The second kappa shape index (κ2) is 10.2. The number of aromatic amines is 1. The average Bonchev–Trinajstić information content (AvgIpc) is 3.41. The van der Waals surface area contributed by atoms with Gasteiger partial charge in [0.2, 0.25) is 0 Å². The standard InChI is InChI=1S/C33H24N4O2S/c1-22-11-17-26(18-12-22)40(38,39)37-25-15-13-24(14-16-25)32-19-28(23-7-3-2-4-8-23)29(20-34)33(36-32)30-21-35-31-10-6-5-9-27(30)31/h2-19,21,35,37H,1H3. The molecule has 7 heteroatoms. The van der Waals surface area contributed by atoms with Crippen LogP contribution < -0.4 is 4.72 Å². The van der Waals surface area contributed by atoms with E-state index in [4.69, 9.17) is 4.98 Å². The van der Waals surface area contributed by atoms with E-state index in [0.29, 0.717) is 22.6 Å². The number of nitrogens with one attached hydrogen (secondary N) is 2. The van der Waals surface area contributed by atoms with Gasteiger partial charge in [0, 0.05) is 39.5 Å². The number of fused-ring (bicyclic) bond motifs is 1. The normalized spacial score (nSPS) is 11.3. The first kappa shape index (κ1) is 25.1. The fourth-order valence-corrected chi connectivity index (χ4v) is 5.81. The van der Waals surface area contributed by atoms with Crippen molar-refractivity contribution in [3.05, 3.63) is 127 Å². The van der Waals surface area contributed by atoms with E-state index in [2.05, 4.69) is 15.8 Å². The number of nitriles is 1. The third-order valence-corrected chi connectivity index (χ3v) is 8.22. The minimum Gasteiger partial charge on any atom is -0.360 e. The average molecular weight is 541 g/mol. The third kappa shape index (κ3) is 4.73. The Morgan fingerprint density at radius 1 is 0.800 bits per heavy atom. The largest absolute Gasteiger partial charge is 0.360 e. The van der Waals surface area contributed by atoms with Crippen LogP contribution in [0.15, 0.2) is 120 Å². The molecule has 194 valence electrons. The summed E-state index contributed by atoms with van der Waals surface area (Å²) in [6.45, 7) is 1.91. The van der Waals surface area contributed by atoms with Gasteiger partial charge in [-0.25, -0.2) is 13.4 Å². The van der Waals surface area contributed by atoms with Gasteiger partial charge in [-0.05, 0) is 48.9 Å². The maximum absolute atomic E-state index is 12.9. The maximum atomic E-state index is 12.9. The topological polar surface area (TPSA) is 98.6 Å². The summed E-state index contributed by atoms with van der Waals surface area (Å²) in [5.74, 6) is 0.